The van der Waals surface area contributed by atoms with Gasteiger partial charge in [0, 0.05) is 13.0 Å². The van der Waals surface area contributed by atoms with Crippen molar-refractivity contribution < 1.29 is 9.94 Å². The van der Waals surface area contributed by atoms with Crippen LogP contribution >= 0.6 is 0 Å². The van der Waals surface area contributed by atoms with Crippen LogP contribution < -0.4 is 11.1 Å². The van der Waals surface area contributed by atoms with Crippen molar-refractivity contribution >= 4 is 5.84 Å². The van der Waals surface area contributed by atoms with Crippen molar-refractivity contribution in [2.24, 2.45) is 10.9 Å². The van der Waals surface area contributed by atoms with Gasteiger partial charge in [-0.3, -0.25) is 0 Å². The minimum Gasteiger partial charge on any atom is -0.409 e. The molecule has 1 atom stereocenters. The molecule has 0 amide bonds. The lowest BCUT2D eigenvalue weighted by molar-refractivity contribution is 0.0116. The van der Waals surface area contributed by atoms with Gasteiger partial charge in [-0.15, -0.1) is 0 Å². The van der Waals surface area contributed by atoms with Crippen LogP contribution in [0.2, 0.25) is 0 Å². The summed E-state index contributed by atoms with van der Waals surface area (Å²) >= 11 is 0. The van der Waals surface area contributed by atoms with E-state index in [2.05, 4.69) is 10.5 Å². The number of hydrogen-bond acceptors (Lipinski definition) is 4. The molecule has 0 aliphatic carbocycles. The van der Waals surface area contributed by atoms with Gasteiger partial charge in [0.05, 0.1) is 6.10 Å². The van der Waals surface area contributed by atoms with Crippen molar-refractivity contribution in [3.05, 3.63) is 0 Å². The molecule has 1 aliphatic heterocycles. The SMILES string of the molecule is NC(CCCNCCC1CCCCO1)=NO. The topological polar surface area (TPSA) is 79.9 Å². The molecular weight excluding hydrogens is 206 g/mol. The second kappa shape index (κ2) is 8.35. The Morgan fingerprint density at radius 2 is 2.31 bits per heavy atom. The summed E-state index contributed by atoms with van der Waals surface area (Å²) in [6.45, 7) is 2.82. The maximum atomic E-state index is 8.33. The quantitative estimate of drug-likeness (QED) is 0.200. The first-order valence-corrected chi connectivity index (χ1v) is 6.11. The van der Waals surface area contributed by atoms with E-state index >= 15 is 0 Å². The lowest BCUT2D eigenvalue weighted by Crippen LogP contribution is -2.26. The van der Waals surface area contributed by atoms with E-state index in [4.69, 9.17) is 15.7 Å². The zero-order chi connectivity index (χ0) is 11.6. The Labute approximate surface area is 97.0 Å². The fourth-order valence-electron chi connectivity index (χ4n) is 1.87. The number of nitrogens with zero attached hydrogens (tertiary/aromatic N) is 1. The highest BCUT2D eigenvalue weighted by Gasteiger charge is 2.12. The van der Waals surface area contributed by atoms with Gasteiger partial charge in [0.15, 0.2) is 0 Å². The van der Waals surface area contributed by atoms with Gasteiger partial charge in [-0.1, -0.05) is 5.16 Å². The number of ether oxygens (including phenoxy) is 1. The summed E-state index contributed by atoms with van der Waals surface area (Å²) in [5, 5.41) is 14.6. The molecule has 5 nitrogen and oxygen atoms in total. The lowest BCUT2D eigenvalue weighted by atomic mass is 10.1. The highest BCUT2D eigenvalue weighted by atomic mass is 16.5. The van der Waals surface area contributed by atoms with E-state index in [0.29, 0.717) is 18.4 Å². The molecule has 0 radical (unpaired) electrons. The fraction of sp³-hybridized carbons (Fsp3) is 0.909. The van der Waals surface area contributed by atoms with Crippen LogP contribution in [0.4, 0.5) is 0 Å². The van der Waals surface area contributed by atoms with Crippen LogP contribution in [-0.2, 0) is 4.74 Å². The van der Waals surface area contributed by atoms with Gasteiger partial charge in [0.25, 0.3) is 0 Å². The average molecular weight is 229 g/mol. The number of nitrogens with two attached hydrogens (primary N) is 1. The van der Waals surface area contributed by atoms with Gasteiger partial charge >= 0.3 is 0 Å². The van der Waals surface area contributed by atoms with Crippen LogP contribution in [0.15, 0.2) is 5.16 Å². The van der Waals surface area contributed by atoms with Gasteiger partial charge in [0.2, 0.25) is 0 Å². The predicted molar refractivity (Wildman–Crippen MR) is 63.7 cm³/mol. The Hall–Kier alpha value is -0.810. The molecule has 0 aromatic carbocycles. The molecule has 16 heavy (non-hydrogen) atoms. The van der Waals surface area contributed by atoms with E-state index in [1.807, 2.05) is 0 Å². The molecule has 1 aliphatic rings. The largest absolute Gasteiger partial charge is 0.409 e. The van der Waals surface area contributed by atoms with Crippen LogP contribution in [0.5, 0.6) is 0 Å². The summed E-state index contributed by atoms with van der Waals surface area (Å²) < 4.78 is 5.63. The molecule has 1 saturated heterocycles. The standard InChI is InChI=1S/C11H23N3O2/c12-11(14-15)5-3-7-13-8-6-10-4-1-2-9-16-10/h10,13,15H,1-9H2,(H2,12,14). The summed E-state index contributed by atoms with van der Waals surface area (Å²) in [4.78, 5) is 0. The summed E-state index contributed by atoms with van der Waals surface area (Å²) in [5.41, 5.74) is 5.36. The molecule has 1 heterocycles. The number of amidine groups is 1. The second-order valence-corrected chi connectivity index (χ2v) is 4.22. The Morgan fingerprint density at radius 1 is 1.44 bits per heavy atom. The Bertz CT molecular complexity index is 203. The maximum Gasteiger partial charge on any atom is 0.139 e. The monoisotopic (exact) mass is 229 g/mol. The van der Waals surface area contributed by atoms with E-state index in [-0.39, 0.29) is 0 Å². The fourth-order valence-corrected chi connectivity index (χ4v) is 1.87. The molecular formula is C11H23N3O2. The molecule has 1 unspecified atom stereocenters. The third kappa shape index (κ3) is 5.92. The smallest absolute Gasteiger partial charge is 0.139 e. The van der Waals surface area contributed by atoms with E-state index in [1.165, 1.54) is 19.3 Å². The van der Waals surface area contributed by atoms with Crippen molar-refractivity contribution in [3.8, 4) is 0 Å². The van der Waals surface area contributed by atoms with Crippen molar-refractivity contribution in [1.29, 1.82) is 0 Å². The van der Waals surface area contributed by atoms with Crippen molar-refractivity contribution in [3.63, 3.8) is 0 Å². The zero-order valence-electron chi connectivity index (χ0n) is 9.82. The van der Waals surface area contributed by atoms with Crippen LogP contribution in [0.1, 0.15) is 38.5 Å². The minimum absolute atomic E-state index is 0.303. The molecule has 0 bridgehead atoms. The third-order valence-electron chi connectivity index (χ3n) is 2.83. The molecule has 0 aromatic heterocycles. The van der Waals surface area contributed by atoms with Gasteiger partial charge in [0.1, 0.15) is 5.84 Å². The van der Waals surface area contributed by atoms with Gasteiger partial charge in [-0.05, 0) is 45.2 Å². The van der Waals surface area contributed by atoms with E-state index in [9.17, 15) is 0 Å². The van der Waals surface area contributed by atoms with Crippen molar-refractivity contribution in [2.75, 3.05) is 19.7 Å². The zero-order valence-corrected chi connectivity index (χ0v) is 9.82. The molecule has 0 saturated carbocycles. The Kier molecular flexibility index (Phi) is 6.92. The highest BCUT2D eigenvalue weighted by Crippen LogP contribution is 2.14. The van der Waals surface area contributed by atoms with Crippen LogP contribution in [0.25, 0.3) is 0 Å². The molecule has 1 rings (SSSR count). The first-order chi connectivity index (χ1) is 7.83. The Morgan fingerprint density at radius 3 is 3.00 bits per heavy atom. The summed E-state index contributed by atoms with van der Waals surface area (Å²) in [5.74, 6) is 0.303. The molecule has 0 aromatic rings. The number of nitrogens with one attached hydrogen (secondary N) is 1. The first kappa shape index (κ1) is 13.3. The summed E-state index contributed by atoms with van der Waals surface area (Å²) in [6, 6.07) is 0. The number of hydrogen-bond donors (Lipinski definition) is 3. The maximum absolute atomic E-state index is 8.33. The molecule has 0 spiro atoms. The number of oxime groups is 1. The van der Waals surface area contributed by atoms with Crippen molar-refractivity contribution in [2.45, 2.75) is 44.6 Å². The lowest BCUT2D eigenvalue weighted by Gasteiger charge is -2.22. The minimum atomic E-state index is 0.303. The predicted octanol–water partition coefficient (Wildman–Crippen LogP) is 1.06. The molecule has 1 fully saturated rings. The molecule has 94 valence electrons. The van der Waals surface area contributed by atoms with Gasteiger partial charge in [-0.25, -0.2) is 0 Å². The number of rotatable bonds is 7. The van der Waals surface area contributed by atoms with Crippen LogP contribution in [-0.4, -0.2) is 36.8 Å². The first-order valence-electron chi connectivity index (χ1n) is 6.11. The van der Waals surface area contributed by atoms with E-state index in [1.54, 1.807) is 0 Å². The summed E-state index contributed by atoms with van der Waals surface area (Å²) in [6.07, 6.45) is 6.79. The van der Waals surface area contributed by atoms with Crippen LogP contribution in [0, 0.1) is 0 Å². The normalized spacial score (nSPS) is 22.2. The van der Waals surface area contributed by atoms with Crippen molar-refractivity contribution in [1.82, 2.24) is 5.32 Å². The van der Waals surface area contributed by atoms with Crippen LogP contribution in [0.3, 0.4) is 0 Å². The third-order valence-corrected chi connectivity index (χ3v) is 2.83. The highest BCUT2D eigenvalue weighted by molar-refractivity contribution is 5.79. The summed E-state index contributed by atoms with van der Waals surface area (Å²) in [7, 11) is 0. The molecule has 4 N–H and O–H groups in total. The van der Waals surface area contributed by atoms with E-state index < -0.39 is 0 Å². The van der Waals surface area contributed by atoms with Gasteiger partial charge in [-0.2, -0.15) is 0 Å². The average Bonchev–Trinajstić information content (AvgIpc) is 2.34. The second-order valence-electron chi connectivity index (χ2n) is 4.22. The van der Waals surface area contributed by atoms with E-state index in [0.717, 1.165) is 32.5 Å². The van der Waals surface area contributed by atoms with Gasteiger partial charge < -0.3 is 21.0 Å². The Balaban J connectivity index is 1.87. The molecule has 5 heteroatoms.